The van der Waals surface area contributed by atoms with Gasteiger partial charge in [0.1, 0.15) is 0 Å². The molecule has 1 aliphatic heterocycles. The third-order valence-electron chi connectivity index (χ3n) is 5.00. The van der Waals surface area contributed by atoms with Crippen molar-refractivity contribution >= 4 is 34.6 Å². The largest absolute Gasteiger partial charge is 0.339 e. The van der Waals surface area contributed by atoms with Crippen LogP contribution in [-0.2, 0) is 22.4 Å². The van der Waals surface area contributed by atoms with Crippen molar-refractivity contribution in [2.45, 2.75) is 19.8 Å². The summed E-state index contributed by atoms with van der Waals surface area (Å²) in [5, 5.41) is 5.79. The number of carbonyl (C=O) groups is 2. The molecule has 2 N–H and O–H groups in total. The molecule has 0 atom stereocenters. The molecule has 29 heavy (non-hydrogen) atoms. The van der Waals surface area contributed by atoms with Crippen molar-refractivity contribution in [1.82, 2.24) is 0 Å². The number of nitrogens with one attached hydrogen (secondary N) is 2. The van der Waals surface area contributed by atoms with Gasteiger partial charge in [-0.3, -0.25) is 9.59 Å². The molecule has 0 saturated carbocycles. The molecular weight excluding hydrogens is 362 g/mol. The first-order chi connectivity index (χ1) is 14.1. The normalized spacial score (nSPS) is 12.4. The molecule has 0 bridgehead atoms. The summed E-state index contributed by atoms with van der Waals surface area (Å²) < 4.78 is 0. The van der Waals surface area contributed by atoms with E-state index in [1.54, 1.807) is 12.1 Å². The minimum absolute atomic E-state index is 0.0720. The number of rotatable bonds is 5. The van der Waals surface area contributed by atoms with E-state index in [-0.39, 0.29) is 18.2 Å². The molecular formula is C24H23N3O2. The smallest absolute Gasteiger partial charge is 0.228 e. The van der Waals surface area contributed by atoms with Gasteiger partial charge in [0.15, 0.2) is 0 Å². The van der Waals surface area contributed by atoms with Gasteiger partial charge in [0, 0.05) is 24.8 Å². The fourth-order valence-electron chi connectivity index (χ4n) is 3.69. The molecule has 1 aliphatic rings. The molecule has 0 radical (unpaired) electrons. The number of amides is 2. The summed E-state index contributed by atoms with van der Waals surface area (Å²) in [5.41, 5.74) is 5.95. The van der Waals surface area contributed by atoms with Crippen molar-refractivity contribution in [3.05, 3.63) is 83.9 Å². The van der Waals surface area contributed by atoms with Crippen LogP contribution in [0.25, 0.3) is 0 Å². The van der Waals surface area contributed by atoms with Crippen LogP contribution in [0.2, 0.25) is 0 Å². The first-order valence-corrected chi connectivity index (χ1v) is 9.71. The number of hydrogen-bond donors (Lipinski definition) is 2. The molecule has 5 heteroatoms. The lowest BCUT2D eigenvalue weighted by Gasteiger charge is -2.23. The highest BCUT2D eigenvalue weighted by molar-refractivity contribution is 5.96. The Hall–Kier alpha value is -3.60. The van der Waals surface area contributed by atoms with Crippen molar-refractivity contribution in [2.75, 3.05) is 22.1 Å². The topological polar surface area (TPSA) is 61.4 Å². The predicted molar refractivity (Wildman–Crippen MR) is 117 cm³/mol. The second kappa shape index (κ2) is 8.19. The number of anilines is 4. The van der Waals surface area contributed by atoms with Crippen LogP contribution in [0.5, 0.6) is 0 Å². The zero-order valence-corrected chi connectivity index (χ0v) is 16.3. The van der Waals surface area contributed by atoms with Gasteiger partial charge in [-0.25, -0.2) is 0 Å². The van der Waals surface area contributed by atoms with Crippen LogP contribution in [-0.4, -0.2) is 18.4 Å². The summed E-state index contributed by atoms with van der Waals surface area (Å²) in [7, 11) is 0. The van der Waals surface area contributed by atoms with Gasteiger partial charge in [-0.15, -0.1) is 0 Å². The molecule has 3 aromatic carbocycles. The fraction of sp³-hybridized carbons (Fsp3) is 0.167. The molecule has 0 unspecified atom stereocenters. The second-order valence-corrected chi connectivity index (χ2v) is 7.15. The number of fused-ring (bicyclic) bond motifs is 1. The van der Waals surface area contributed by atoms with Crippen molar-refractivity contribution < 1.29 is 9.59 Å². The van der Waals surface area contributed by atoms with Gasteiger partial charge < -0.3 is 15.5 Å². The van der Waals surface area contributed by atoms with E-state index in [2.05, 4.69) is 33.7 Å². The van der Waals surface area contributed by atoms with E-state index < -0.39 is 0 Å². The lowest BCUT2D eigenvalue weighted by atomic mass is 10.1. The highest BCUT2D eigenvalue weighted by atomic mass is 16.2. The van der Waals surface area contributed by atoms with Crippen molar-refractivity contribution in [3.63, 3.8) is 0 Å². The fourth-order valence-corrected chi connectivity index (χ4v) is 3.69. The molecule has 0 saturated heterocycles. The average Bonchev–Trinajstić information content (AvgIpc) is 3.13. The van der Waals surface area contributed by atoms with Crippen LogP contribution in [0.3, 0.4) is 0 Å². The van der Waals surface area contributed by atoms with Gasteiger partial charge in [0.2, 0.25) is 11.8 Å². The number of carbonyl (C=O) groups excluding carboxylic acids is 2. The minimum atomic E-state index is -0.115. The van der Waals surface area contributed by atoms with E-state index >= 15 is 0 Å². The van der Waals surface area contributed by atoms with Crippen LogP contribution in [0.1, 0.15) is 18.1 Å². The monoisotopic (exact) mass is 385 g/mol. The maximum atomic E-state index is 12.7. The molecule has 5 nitrogen and oxygen atoms in total. The van der Waals surface area contributed by atoms with Gasteiger partial charge in [0.25, 0.3) is 0 Å². The summed E-state index contributed by atoms with van der Waals surface area (Å²) in [4.78, 5) is 26.0. The summed E-state index contributed by atoms with van der Waals surface area (Å²) >= 11 is 0. The molecule has 2 amide bonds. The van der Waals surface area contributed by atoms with Crippen molar-refractivity contribution in [2.24, 2.45) is 0 Å². The van der Waals surface area contributed by atoms with Crippen LogP contribution in [0.4, 0.5) is 22.7 Å². The molecule has 0 aliphatic carbocycles. The average molecular weight is 385 g/mol. The molecule has 4 rings (SSSR count). The van der Waals surface area contributed by atoms with E-state index in [1.165, 1.54) is 18.2 Å². The maximum absolute atomic E-state index is 12.7. The predicted octanol–water partition coefficient (Wildman–Crippen LogP) is 4.52. The Morgan fingerprint density at radius 2 is 1.55 bits per heavy atom. The number of benzene rings is 3. The van der Waals surface area contributed by atoms with Gasteiger partial charge in [-0.2, -0.15) is 0 Å². The summed E-state index contributed by atoms with van der Waals surface area (Å²) in [6.07, 6.45) is 1.27. The summed E-state index contributed by atoms with van der Waals surface area (Å²) in [6, 6.07) is 23.6. The number of nitrogens with zero attached hydrogens (tertiary/aromatic N) is 1. The highest BCUT2D eigenvalue weighted by Gasteiger charge is 2.22. The standard InChI is InChI=1S/C24H23N3O2/c1-17(28)25-20-12-10-18(11-13-20)16-24(29)26-21-7-3-5-9-23(21)27-15-14-19-6-2-4-8-22(19)27/h2-13H,14-16H2,1H3,(H,25,28)(H,26,29). The molecule has 0 spiro atoms. The van der Waals surface area contributed by atoms with Crippen LogP contribution in [0, 0.1) is 0 Å². The third kappa shape index (κ3) is 4.29. The SMILES string of the molecule is CC(=O)Nc1ccc(CC(=O)Nc2ccccc2N2CCc3ccccc32)cc1. The maximum Gasteiger partial charge on any atom is 0.228 e. The lowest BCUT2D eigenvalue weighted by Crippen LogP contribution is -2.19. The highest BCUT2D eigenvalue weighted by Crippen LogP contribution is 2.38. The van der Waals surface area contributed by atoms with E-state index in [1.807, 2.05) is 42.5 Å². The molecule has 1 heterocycles. The van der Waals surface area contributed by atoms with Gasteiger partial charge in [0.05, 0.1) is 17.8 Å². The number of hydrogen-bond acceptors (Lipinski definition) is 3. The van der Waals surface area contributed by atoms with E-state index in [0.29, 0.717) is 0 Å². The first-order valence-electron chi connectivity index (χ1n) is 9.71. The van der Waals surface area contributed by atoms with Crippen LogP contribution >= 0.6 is 0 Å². The zero-order chi connectivity index (χ0) is 20.2. The quantitative estimate of drug-likeness (QED) is 0.679. The minimum Gasteiger partial charge on any atom is -0.339 e. The molecule has 0 fully saturated rings. The van der Waals surface area contributed by atoms with Crippen LogP contribution < -0.4 is 15.5 Å². The van der Waals surface area contributed by atoms with Crippen molar-refractivity contribution in [1.29, 1.82) is 0 Å². The van der Waals surface area contributed by atoms with Crippen molar-refractivity contribution in [3.8, 4) is 0 Å². The lowest BCUT2D eigenvalue weighted by molar-refractivity contribution is -0.116. The Morgan fingerprint density at radius 3 is 2.31 bits per heavy atom. The Morgan fingerprint density at radius 1 is 0.862 bits per heavy atom. The molecule has 0 aromatic heterocycles. The Kier molecular flexibility index (Phi) is 5.29. The summed E-state index contributed by atoms with van der Waals surface area (Å²) in [5.74, 6) is -0.187. The van der Waals surface area contributed by atoms with E-state index in [4.69, 9.17) is 0 Å². The van der Waals surface area contributed by atoms with Gasteiger partial charge in [-0.05, 0) is 47.9 Å². The van der Waals surface area contributed by atoms with Gasteiger partial charge in [-0.1, -0.05) is 42.5 Å². The Balaban J connectivity index is 1.48. The van der Waals surface area contributed by atoms with E-state index in [9.17, 15) is 9.59 Å². The number of para-hydroxylation sites is 3. The second-order valence-electron chi connectivity index (χ2n) is 7.15. The van der Waals surface area contributed by atoms with Gasteiger partial charge >= 0.3 is 0 Å². The first kappa shape index (κ1) is 18.7. The zero-order valence-electron chi connectivity index (χ0n) is 16.3. The molecule has 146 valence electrons. The Bertz CT molecular complexity index is 1040. The third-order valence-corrected chi connectivity index (χ3v) is 5.00. The summed E-state index contributed by atoms with van der Waals surface area (Å²) in [6.45, 7) is 2.37. The Labute approximate surface area is 170 Å². The molecule has 3 aromatic rings. The van der Waals surface area contributed by atoms with Crippen LogP contribution in [0.15, 0.2) is 72.8 Å². The van der Waals surface area contributed by atoms with E-state index in [0.717, 1.165) is 35.6 Å².